The van der Waals surface area contributed by atoms with Crippen LogP contribution in [0.2, 0.25) is 10.0 Å². The molecule has 0 aliphatic carbocycles. The lowest BCUT2D eigenvalue weighted by atomic mass is 10.1. The van der Waals surface area contributed by atoms with E-state index >= 15 is 0 Å². The molecule has 0 fully saturated rings. The Morgan fingerprint density at radius 2 is 1.76 bits per heavy atom. The summed E-state index contributed by atoms with van der Waals surface area (Å²) in [6.07, 6.45) is 0.393. The van der Waals surface area contributed by atoms with Gasteiger partial charge in [0, 0.05) is 6.42 Å². The molecule has 4 aromatic rings. The lowest BCUT2D eigenvalue weighted by molar-refractivity contribution is 0.475. The van der Waals surface area contributed by atoms with Gasteiger partial charge in [-0.15, -0.1) is 0 Å². The third-order valence-corrected chi connectivity index (χ3v) is 5.23. The van der Waals surface area contributed by atoms with Crippen LogP contribution in [0.5, 0.6) is 5.75 Å². The van der Waals surface area contributed by atoms with Gasteiger partial charge in [-0.1, -0.05) is 55.2 Å². The van der Waals surface area contributed by atoms with Gasteiger partial charge in [-0.05, 0) is 35.7 Å². The van der Waals surface area contributed by atoms with Crippen molar-refractivity contribution in [3.8, 4) is 11.4 Å². The Hall–Kier alpha value is -2.83. The highest BCUT2D eigenvalue weighted by Gasteiger charge is 2.22. The first-order chi connectivity index (χ1) is 13.8. The molecule has 2 heterocycles. The summed E-state index contributed by atoms with van der Waals surface area (Å²) in [6, 6.07) is 11.9. The smallest absolute Gasteiger partial charge is 0.262 e. The largest absolute Gasteiger partial charge is 0.508 e. The number of nitrogens with zero attached hydrogens (tertiary/aromatic N) is 3. The molecule has 0 spiro atoms. The van der Waals surface area contributed by atoms with Crippen LogP contribution in [0.3, 0.4) is 0 Å². The number of rotatable bonds is 4. The molecular weight excluding hydrogens is 411 g/mol. The number of nitrogens with one attached hydrogen (secondary N) is 1. The summed E-state index contributed by atoms with van der Waals surface area (Å²) in [6.45, 7) is 3.92. The van der Waals surface area contributed by atoms with Crippen molar-refractivity contribution in [2.24, 2.45) is 0 Å². The van der Waals surface area contributed by atoms with Crippen molar-refractivity contribution in [3.63, 3.8) is 0 Å². The van der Waals surface area contributed by atoms with E-state index in [1.54, 1.807) is 47.1 Å². The second-order valence-corrected chi connectivity index (χ2v) is 7.89. The second-order valence-electron chi connectivity index (χ2n) is 7.08. The topological polar surface area (TPSA) is 83.8 Å². The molecule has 8 heteroatoms. The summed E-state index contributed by atoms with van der Waals surface area (Å²) in [4.78, 5) is 20.5. The second kappa shape index (κ2) is 7.54. The van der Waals surface area contributed by atoms with E-state index in [-0.39, 0.29) is 17.2 Å². The Bertz CT molecular complexity index is 1240. The van der Waals surface area contributed by atoms with E-state index in [0.29, 0.717) is 44.7 Å². The van der Waals surface area contributed by atoms with Gasteiger partial charge in [0.1, 0.15) is 22.6 Å². The maximum absolute atomic E-state index is 12.9. The summed E-state index contributed by atoms with van der Waals surface area (Å²) in [7, 11) is 0. The number of hydrogen-bond donors (Lipinski definition) is 2. The van der Waals surface area contributed by atoms with Gasteiger partial charge in [0.25, 0.3) is 5.56 Å². The zero-order valence-electron chi connectivity index (χ0n) is 15.8. The van der Waals surface area contributed by atoms with E-state index in [9.17, 15) is 9.90 Å². The highest BCUT2D eigenvalue weighted by molar-refractivity contribution is 6.37. The Labute approximate surface area is 176 Å². The number of halogens is 2. The van der Waals surface area contributed by atoms with Gasteiger partial charge in [0.15, 0.2) is 5.65 Å². The Kier molecular flexibility index (Phi) is 5.06. The van der Waals surface area contributed by atoms with Crippen molar-refractivity contribution in [1.82, 2.24) is 19.7 Å². The number of aromatic amines is 1. The van der Waals surface area contributed by atoms with Gasteiger partial charge in [0.2, 0.25) is 0 Å². The Morgan fingerprint density at radius 3 is 2.38 bits per heavy atom. The number of phenolic OH excluding ortho intramolecular Hbond substituents is 1. The monoisotopic (exact) mass is 428 g/mol. The molecule has 0 atom stereocenters. The fourth-order valence-electron chi connectivity index (χ4n) is 3.24. The summed E-state index contributed by atoms with van der Waals surface area (Å²) >= 11 is 12.8. The van der Waals surface area contributed by atoms with Crippen molar-refractivity contribution in [2.45, 2.75) is 26.2 Å². The van der Waals surface area contributed by atoms with Crippen LogP contribution >= 0.6 is 23.2 Å². The Balaban J connectivity index is 1.95. The van der Waals surface area contributed by atoms with Gasteiger partial charge in [-0.3, -0.25) is 4.79 Å². The number of benzene rings is 2. The van der Waals surface area contributed by atoms with Crippen LogP contribution in [-0.4, -0.2) is 24.9 Å². The fourth-order valence-corrected chi connectivity index (χ4v) is 3.80. The molecule has 2 aromatic heterocycles. The van der Waals surface area contributed by atoms with E-state index in [1.165, 1.54) is 0 Å². The van der Waals surface area contributed by atoms with Gasteiger partial charge < -0.3 is 10.1 Å². The molecule has 0 aliphatic heterocycles. The molecule has 0 amide bonds. The maximum atomic E-state index is 12.9. The van der Waals surface area contributed by atoms with E-state index in [0.717, 1.165) is 5.56 Å². The first-order valence-electron chi connectivity index (χ1n) is 9.09. The average molecular weight is 429 g/mol. The molecular formula is C21H18Cl2N4O2. The minimum atomic E-state index is -0.262. The first kappa shape index (κ1) is 19.5. The van der Waals surface area contributed by atoms with Crippen molar-refractivity contribution in [1.29, 1.82) is 0 Å². The lowest BCUT2D eigenvalue weighted by Crippen LogP contribution is -2.14. The van der Waals surface area contributed by atoms with E-state index in [1.807, 2.05) is 13.8 Å². The summed E-state index contributed by atoms with van der Waals surface area (Å²) in [5, 5.41) is 15.4. The van der Waals surface area contributed by atoms with Crippen LogP contribution in [0, 0.1) is 0 Å². The fraction of sp³-hybridized carbons (Fsp3) is 0.190. The highest BCUT2D eigenvalue weighted by Crippen LogP contribution is 2.32. The van der Waals surface area contributed by atoms with Gasteiger partial charge >= 0.3 is 0 Å². The van der Waals surface area contributed by atoms with Crippen molar-refractivity contribution < 1.29 is 5.11 Å². The van der Waals surface area contributed by atoms with Gasteiger partial charge in [-0.2, -0.15) is 5.10 Å². The molecule has 148 valence electrons. The van der Waals surface area contributed by atoms with Crippen LogP contribution in [0.25, 0.3) is 16.7 Å². The molecule has 0 unspecified atom stereocenters. The van der Waals surface area contributed by atoms with Crippen LogP contribution in [0.15, 0.2) is 47.3 Å². The standard InChI is InChI=1S/C21H18Cl2N4O2/c1-11(2)18-17-20(27(26-18)19-14(22)4-3-5-15(19)23)24-16(25-21(17)29)10-12-6-8-13(28)9-7-12/h3-9,11,28H,10H2,1-2H3,(H,24,25,29). The number of phenols is 1. The third kappa shape index (κ3) is 3.61. The minimum Gasteiger partial charge on any atom is -0.508 e. The van der Waals surface area contributed by atoms with Crippen molar-refractivity contribution in [3.05, 3.63) is 79.9 Å². The molecule has 0 radical (unpaired) electrons. The van der Waals surface area contributed by atoms with E-state index < -0.39 is 0 Å². The summed E-state index contributed by atoms with van der Waals surface area (Å²) in [5.41, 5.74) is 2.15. The number of H-pyrrole nitrogens is 1. The quantitative estimate of drug-likeness (QED) is 0.487. The van der Waals surface area contributed by atoms with Crippen LogP contribution in [-0.2, 0) is 6.42 Å². The normalized spacial score (nSPS) is 11.5. The maximum Gasteiger partial charge on any atom is 0.262 e. The third-order valence-electron chi connectivity index (χ3n) is 4.62. The Morgan fingerprint density at radius 1 is 1.10 bits per heavy atom. The van der Waals surface area contributed by atoms with Crippen LogP contribution in [0.4, 0.5) is 0 Å². The number of aromatic nitrogens is 4. The molecule has 4 rings (SSSR count). The zero-order valence-corrected chi connectivity index (χ0v) is 17.3. The molecule has 2 aromatic carbocycles. The average Bonchev–Trinajstić information content (AvgIpc) is 3.04. The number of para-hydroxylation sites is 1. The molecule has 2 N–H and O–H groups in total. The summed E-state index contributed by atoms with van der Waals surface area (Å²) < 4.78 is 1.55. The molecule has 0 aliphatic rings. The van der Waals surface area contributed by atoms with Crippen molar-refractivity contribution >= 4 is 34.2 Å². The van der Waals surface area contributed by atoms with E-state index in [2.05, 4.69) is 15.1 Å². The van der Waals surface area contributed by atoms with Gasteiger partial charge in [-0.25, -0.2) is 9.67 Å². The zero-order chi connectivity index (χ0) is 20.7. The van der Waals surface area contributed by atoms with Crippen molar-refractivity contribution in [2.75, 3.05) is 0 Å². The van der Waals surface area contributed by atoms with Gasteiger partial charge in [0.05, 0.1) is 15.7 Å². The number of aromatic hydroxyl groups is 1. The molecule has 29 heavy (non-hydrogen) atoms. The molecule has 0 saturated heterocycles. The van der Waals surface area contributed by atoms with Crippen LogP contribution < -0.4 is 5.56 Å². The molecule has 0 bridgehead atoms. The van der Waals surface area contributed by atoms with Crippen LogP contribution in [0.1, 0.15) is 36.8 Å². The van der Waals surface area contributed by atoms with E-state index in [4.69, 9.17) is 23.2 Å². The minimum absolute atomic E-state index is 0.00543. The lowest BCUT2D eigenvalue weighted by Gasteiger charge is -2.08. The molecule has 6 nitrogen and oxygen atoms in total. The predicted octanol–water partition coefficient (Wildman–Crippen LogP) is 4.84. The summed E-state index contributed by atoms with van der Waals surface area (Å²) in [5.74, 6) is 0.664. The number of hydrogen-bond acceptors (Lipinski definition) is 4. The first-order valence-corrected chi connectivity index (χ1v) is 9.85. The SMILES string of the molecule is CC(C)c1nn(-c2c(Cl)cccc2Cl)c2nc(Cc3ccc(O)cc3)[nH]c(=O)c12. The highest BCUT2D eigenvalue weighted by atomic mass is 35.5. The number of fused-ring (bicyclic) bond motifs is 1. The molecule has 0 saturated carbocycles. The predicted molar refractivity (Wildman–Crippen MR) is 115 cm³/mol.